The van der Waals surface area contributed by atoms with E-state index in [0.29, 0.717) is 27.0 Å². The lowest BCUT2D eigenvalue weighted by Gasteiger charge is -2.09. The van der Waals surface area contributed by atoms with E-state index in [1.54, 1.807) is 30.3 Å². The molecule has 3 N–H and O–H groups in total. The summed E-state index contributed by atoms with van der Waals surface area (Å²) in [7, 11) is 0. The molecule has 0 bridgehead atoms. The number of carbonyl (C=O) groups excluding carboxylic acids is 2. The van der Waals surface area contributed by atoms with E-state index >= 15 is 0 Å². The lowest BCUT2D eigenvalue weighted by Crippen LogP contribution is -2.20. The molecule has 0 unspecified atom stereocenters. The third kappa shape index (κ3) is 4.38. The number of benzene rings is 2. The molecule has 0 radical (unpaired) electrons. The van der Waals surface area contributed by atoms with E-state index in [4.69, 9.17) is 33.7 Å². The maximum atomic E-state index is 11.8. The van der Waals surface area contributed by atoms with Gasteiger partial charge in [-0.2, -0.15) is 0 Å². The van der Waals surface area contributed by atoms with E-state index in [9.17, 15) is 9.59 Å². The summed E-state index contributed by atoms with van der Waals surface area (Å²) in [6.45, 7) is -0.234. The number of carbonyl (C=O) groups is 2. The first-order valence-corrected chi connectivity index (χ1v) is 6.99. The van der Waals surface area contributed by atoms with Crippen LogP contribution in [-0.4, -0.2) is 18.4 Å². The van der Waals surface area contributed by atoms with Crippen LogP contribution in [0.3, 0.4) is 0 Å². The topological polar surface area (TPSA) is 81.4 Å². The number of nitrogens with one attached hydrogen (secondary N) is 1. The lowest BCUT2D eigenvalue weighted by atomic mass is 10.2. The molecule has 7 heteroatoms. The van der Waals surface area contributed by atoms with E-state index in [2.05, 4.69) is 5.32 Å². The van der Waals surface area contributed by atoms with Crippen molar-refractivity contribution in [2.75, 3.05) is 11.9 Å². The first-order chi connectivity index (χ1) is 10.5. The SMILES string of the molecule is NC(=O)c1cccc(NC(=O)COc2ccc(Cl)cc2Cl)c1. The van der Waals surface area contributed by atoms with Crippen molar-refractivity contribution < 1.29 is 14.3 Å². The molecule has 5 nitrogen and oxygen atoms in total. The largest absolute Gasteiger partial charge is 0.482 e. The third-order valence-corrected chi connectivity index (χ3v) is 3.21. The number of anilines is 1. The van der Waals surface area contributed by atoms with E-state index in [0.717, 1.165) is 0 Å². The minimum atomic E-state index is -0.569. The average Bonchev–Trinajstić information content (AvgIpc) is 2.46. The Morgan fingerprint density at radius 3 is 2.59 bits per heavy atom. The van der Waals surface area contributed by atoms with Crippen LogP contribution < -0.4 is 15.8 Å². The van der Waals surface area contributed by atoms with Gasteiger partial charge in [0.2, 0.25) is 5.91 Å². The van der Waals surface area contributed by atoms with Gasteiger partial charge in [-0.3, -0.25) is 9.59 Å². The summed E-state index contributed by atoms with van der Waals surface area (Å²) in [6.07, 6.45) is 0. The first-order valence-electron chi connectivity index (χ1n) is 6.23. The van der Waals surface area contributed by atoms with Gasteiger partial charge in [0.1, 0.15) is 5.75 Å². The molecule has 0 aliphatic rings. The Morgan fingerprint density at radius 1 is 1.14 bits per heavy atom. The number of rotatable bonds is 5. The van der Waals surface area contributed by atoms with Crippen LogP contribution in [0.1, 0.15) is 10.4 Å². The zero-order valence-electron chi connectivity index (χ0n) is 11.3. The number of nitrogens with two attached hydrogens (primary N) is 1. The smallest absolute Gasteiger partial charge is 0.262 e. The Hall–Kier alpha value is -2.24. The van der Waals surface area contributed by atoms with Crippen molar-refractivity contribution >= 4 is 40.7 Å². The summed E-state index contributed by atoms with van der Waals surface area (Å²) in [4.78, 5) is 22.9. The maximum absolute atomic E-state index is 11.8. The van der Waals surface area contributed by atoms with Crippen molar-refractivity contribution in [2.24, 2.45) is 5.73 Å². The van der Waals surface area contributed by atoms with Crippen LogP contribution in [0, 0.1) is 0 Å². The number of amides is 2. The highest BCUT2D eigenvalue weighted by Gasteiger charge is 2.08. The van der Waals surface area contributed by atoms with E-state index in [-0.39, 0.29) is 6.61 Å². The molecular formula is C15H12Cl2N2O3. The predicted octanol–water partition coefficient (Wildman–Crippen LogP) is 3.11. The van der Waals surface area contributed by atoms with Crippen LogP contribution in [0.25, 0.3) is 0 Å². The quantitative estimate of drug-likeness (QED) is 0.878. The Morgan fingerprint density at radius 2 is 1.91 bits per heavy atom. The molecule has 0 aliphatic heterocycles. The van der Waals surface area contributed by atoms with Crippen molar-refractivity contribution in [1.29, 1.82) is 0 Å². The summed E-state index contributed by atoms with van der Waals surface area (Å²) in [5, 5.41) is 3.39. The van der Waals surface area contributed by atoms with E-state index in [1.807, 2.05) is 0 Å². The second-order valence-electron chi connectivity index (χ2n) is 4.36. The monoisotopic (exact) mass is 338 g/mol. The van der Waals surface area contributed by atoms with Gasteiger partial charge in [-0.25, -0.2) is 0 Å². The molecule has 0 aliphatic carbocycles. The number of primary amides is 1. The lowest BCUT2D eigenvalue weighted by molar-refractivity contribution is -0.118. The van der Waals surface area contributed by atoms with Crippen molar-refractivity contribution in [2.45, 2.75) is 0 Å². The summed E-state index contributed by atoms with van der Waals surface area (Å²) in [5.74, 6) is -0.611. The Kier molecular flexibility index (Phi) is 5.25. The number of hydrogen-bond acceptors (Lipinski definition) is 3. The van der Waals surface area contributed by atoms with Crippen molar-refractivity contribution in [1.82, 2.24) is 0 Å². The standard InChI is InChI=1S/C15H12Cl2N2O3/c16-10-4-5-13(12(17)7-10)22-8-14(20)19-11-3-1-2-9(6-11)15(18)21/h1-7H,8H2,(H2,18,21)(H,19,20). The normalized spacial score (nSPS) is 10.1. The molecule has 2 aromatic carbocycles. The van der Waals surface area contributed by atoms with Crippen molar-refractivity contribution in [3.8, 4) is 5.75 Å². The molecule has 114 valence electrons. The fraction of sp³-hybridized carbons (Fsp3) is 0.0667. The number of ether oxygens (including phenoxy) is 1. The molecular weight excluding hydrogens is 327 g/mol. The average molecular weight is 339 g/mol. The van der Waals surface area contributed by atoms with Gasteiger partial charge in [0.05, 0.1) is 5.02 Å². The fourth-order valence-electron chi connectivity index (χ4n) is 1.68. The maximum Gasteiger partial charge on any atom is 0.262 e. The Bertz CT molecular complexity index is 720. The molecule has 2 aromatic rings. The van der Waals surface area contributed by atoms with Gasteiger partial charge in [-0.1, -0.05) is 29.3 Å². The van der Waals surface area contributed by atoms with Crippen LogP contribution in [-0.2, 0) is 4.79 Å². The second kappa shape index (κ2) is 7.15. The molecule has 0 aromatic heterocycles. The van der Waals surface area contributed by atoms with Crippen LogP contribution in [0.5, 0.6) is 5.75 Å². The molecule has 0 saturated carbocycles. The minimum absolute atomic E-state index is 0.234. The van der Waals surface area contributed by atoms with Gasteiger partial charge in [-0.05, 0) is 36.4 Å². The molecule has 2 rings (SSSR count). The highest BCUT2D eigenvalue weighted by molar-refractivity contribution is 6.35. The molecule has 0 saturated heterocycles. The molecule has 0 fully saturated rings. The second-order valence-corrected chi connectivity index (χ2v) is 5.20. The van der Waals surface area contributed by atoms with Crippen LogP contribution in [0.4, 0.5) is 5.69 Å². The number of halogens is 2. The Labute approximate surface area is 137 Å². The minimum Gasteiger partial charge on any atom is -0.482 e. The zero-order chi connectivity index (χ0) is 16.1. The van der Waals surface area contributed by atoms with Crippen molar-refractivity contribution in [3.63, 3.8) is 0 Å². The summed E-state index contributed by atoms with van der Waals surface area (Å²) < 4.78 is 5.31. The van der Waals surface area contributed by atoms with Gasteiger partial charge in [0, 0.05) is 16.3 Å². The summed E-state index contributed by atoms with van der Waals surface area (Å²) in [6, 6.07) is 11.0. The van der Waals surface area contributed by atoms with E-state index < -0.39 is 11.8 Å². The van der Waals surface area contributed by atoms with Gasteiger partial charge >= 0.3 is 0 Å². The third-order valence-electron chi connectivity index (χ3n) is 2.68. The molecule has 0 spiro atoms. The van der Waals surface area contributed by atoms with Crippen LogP contribution >= 0.6 is 23.2 Å². The molecule has 0 heterocycles. The highest BCUT2D eigenvalue weighted by atomic mass is 35.5. The predicted molar refractivity (Wildman–Crippen MR) is 85.5 cm³/mol. The van der Waals surface area contributed by atoms with Crippen molar-refractivity contribution in [3.05, 3.63) is 58.1 Å². The van der Waals surface area contributed by atoms with Gasteiger partial charge in [-0.15, -0.1) is 0 Å². The van der Waals surface area contributed by atoms with Crippen LogP contribution in [0.2, 0.25) is 10.0 Å². The molecule has 0 atom stereocenters. The zero-order valence-corrected chi connectivity index (χ0v) is 12.8. The fourth-order valence-corrected chi connectivity index (χ4v) is 2.15. The first kappa shape index (κ1) is 16.1. The van der Waals surface area contributed by atoms with Gasteiger partial charge in [0.15, 0.2) is 6.61 Å². The Balaban J connectivity index is 1.95. The highest BCUT2D eigenvalue weighted by Crippen LogP contribution is 2.27. The summed E-state index contributed by atoms with van der Waals surface area (Å²) in [5.41, 5.74) is 5.93. The summed E-state index contributed by atoms with van der Waals surface area (Å²) >= 11 is 11.7. The van der Waals surface area contributed by atoms with Crippen LogP contribution in [0.15, 0.2) is 42.5 Å². The number of hydrogen-bond donors (Lipinski definition) is 2. The molecule has 22 heavy (non-hydrogen) atoms. The van der Waals surface area contributed by atoms with Gasteiger partial charge < -0.3 is 15.8 Å². The van der Waals surface area contributed by atoms with Gasteiger partial charge in [0.25, 0.3) is 5.91 Å². The molecule has 2 amide bonds. The van der Waals surface area contributed by atoms with E-state index in [1.165, 1.54) is 12.1 Å².